The van der Waals surface area contributed by atoms with Crippen molar-refractivity contribution in [3.05, 3.63) is 36.0 Å². The van der Waals surface area contributed by atoms with E-state index in [1.807, 2.05) is 0 Å². The van der Waals surface area contributed by atoms with Gasteiger partial charge in [0.05, 0.1) is 0 Å². The van der Waals surface area contributed by atoms with Gasteiger partial charge in [-0.15, -0.1) is 0 Å². The molecule has 0 N–H and O–H groups in total. The highest BCUT2D eigenvalue weighted by molar-refractivity contribution is 5.19. The Morgan fingerprint density at radius 1 is 1.09 bits per heavy atom. The molecule has 11 heavy (non-hydrogen) atoms. The highest BCUT2D eigenvalue weighted by atomic mass is 14.1. The molecule has 0 radical (unpaired) electrons. The van der Waals surface area contributed by atoms with Crippen molar-refractivity contribution < 1.29 is 0 Å². The van der Waals surface area contributed by atoms with Crippen LogP contribution in [0.4, 0.5) is 0 Å². The summed E-state index contributed by atoms with van der Waals surface area (Å²) in [5.41, 5.74) is 1.39. The number of hydrogen-bond donors (Lipinski definition) is 0. The predicted molar refractivity (Wildman–Crippen MR) is 50.4 cm³/mol. The van der Waals surface area contributed by atoms with Gasteiger partial charge < -0.3 is 0 Å². The smallest absolute Gasteiger partial charge is 0.0130 e. The summed E-state index contributed by atoms with van der Waals surface area (Å²) in [6.07, 6.45) is 11.3. The summed E-state index contributed by atoms with van der Waals surface area (Å²) in [6, 6.07) is 0. The van der Waals surface area contributed by atoms with Crippen LogP contribution in [0.2, 0.25) is 0 Å². The van der Waals surface area contributed by atoms with Crippen LogP contribution in [0, 0.1) is 11.8 Å². The fraction of sp³-hybridized carbons (Fsp3) is 0.455. The third-order valence-corrected chi connectivity index (χ3v) is 1.80. The third kappa shape index (κ3) is 2.75. The fourth-order valence-corrected chi connectivity index (χ4v) is 1.23. The molecular weight excluding hydrogens is 132 g/mol. The van der Waals surface area contributed by atoms with Crippen molar-refractivity contribution in [2.24, 2.45) is 11.8 Å². The van der Waals surface area contributed by atoms with Gasteiger partial charge in [0.15, 0.2) is 0 Å². The Bertz CT molecular complexity index is 188. The fourth-order valence-electron chi connectivity index (χ4n) is 1.23. The van der Waals surface area contributed by atoms with Gasteiger partial charge in [0.25, 0.3) is 0 Å². The van der Waals surface area contributed by atoms with E-state index in [-0.39, 0.29) is 0 Å². The first kappa shape index (κ1) is 8.32. The molecule has 0 aromatic rings. The van der Waals surface area contributed by atoms with Gasteiger partial charge in [0.1, 0.15) is 0 Å². The minimum atomic E-state index is 0.538. The standard InChI is InChI=1S/C11H16/c1-9(2)8-11-6-4-10(3)5-7-11/h4-8,10-11H,1-3H3. The summed E-state index contributed by atoms with van der Waals surface area (Å²) in [5, 5.41) is 0. The van der Waals surface area contributed by atoms with Crippen LogP contribution >= 0.6 is 0 Å². The van der Waals surface area contributed by atoms with Crippen LogP contribution < -0.4 is 0 Å². The molecule has 0 nitrogen and oxygen atoms in total. The van der Waals surface area contributed by atoms with E-state index in [1.165, 1.54) is 5.57 Å². The number of hydrogen-bond acceptors (Lipinski definition) is 0. The first-order valence-electron chi connectivity index (χ1n) is 4.20. The van der Waals surface area contributed by atoms with Crippen molar-refractivity contribution in [2.45, 2.75) is 20.8 Å². The molecule has 0 saturated heterocycles. The molecule has 0 saturated carbocycles. The van der Waals surface area contributed by atoms with Crippen molar-refractivity contribution in [3.63, 3.8) is 0 Å². The molecule has 0 fully saturated rings. The Hall–Kier alpha value is -0.780. The zero-order valence-corrected chi connectivity index (χ0v) is 7.54. The molecule has 0 aromatic heterocycles. The van der Waals surface area contributed by atoms with Crippen molar-refractivity contribution in [2.75, 3.05) is 0 Å². The molecule has 0 amide bonds. The van der Waals surface area contributed by atoms with E-state index < -0.39 is 0 Å². The van der Waals surface area contributed by atoms with Crippen LogP contribution in [0.3, 0.4) is 0 Å². The van der Waals surface area contributed by atoms with Gasteiger partial charge in [-0.3, -0.25) is 0 Å². The van der Waals surface area contributed by atoms with Crippen LogP contribution in [0.1, 0.15) is 20.8 Å². The number of allylic oxidation sites excluding steroid dienone is 6. The Morgan fingerprint density at radius 2 is 1.64 bits per heavy atom. The van der Waals surface area contributed by atoms with Gasteiger partial charge in [0.2, 0.25) is 0 Å². The highest BCUT2D eigenvalue weighted by Crippen LogP contribution is 2.15. The average Bonchev–Trinajstić information content (AvgIpc) is 1.93. The van der Waals surface area contributed by atoms with Crippen molar-refractivity contribution in [1.29, 1.82) is 0 Å². The summed E-state index contributed by atoms with van der Waals surface area (Å²) in [6.45, 7) is 6.48. The minimum absolute atomic E-state index is 0.538. The Balaban J connectivity index is 2.59. The lowest BCUT2D eigenvalue weighted by atomic mass is 9.96. The predicted octanol–water partition coefficient (Wildman–Crippen LogP) is 3.33. The summed E-state index contributed by atoms with van der Waals surface area (Å²) in [5.74, 6) is 1.16. The van der Waals surface area contributed by atoms with E-state index in [4.69, 9.17) is 0 Å². The maximum absolute atomic E-state index is 2.28. The monoisotopic (exact) mass is 148 g/mol. The molecule has 0 unspecified atom stereocenters. The molecule has 0 spiro atoms. The molecule has 0 heteroatoms. The normalized spacial score (nSPS) is 28.6. The van der Waals surface area contributed by atoms with Gasteiger partial charge in [-0.1, -0.05) is 42.9 Å². The van der Waals surface area contributed by atoms with Crippen LogP contribution in [0.5, 0.6) is 0 Å². The summed E-state index contributed by atoms with van der Waals surface area (Å²) in [4.78, 5) is 0. The van der Waals surface area contributed by atoms with Gasteiger partial charge in [-0.25, -0.2) is 0 Å². The van der Waals surface area contributed by atoms with Crippen molar-refractivity contribution in [1.82, 2.24) is 0 Å². The number of rotatable bonds is 1. The van der Waals surface area contributed by atoms with Crippen LogP contribution in [-0.4, -0.2) is 0 Å². The maximum Gasteiger partial charge on any atom is 0.0130 e. The highest BCUT2D eigenvalue weighted by Gasteiger charge is 2.01. The molecule has 0 bridgehead atoms. The lowest BCUT2D eigenvalue weighted by Crippen LogP contribution is -1.96. The molecule has 1 aliphatic carbocycles. The van der Waals surface area contributed by atoms with Gasteiger partial charge in [-0.2, -0.15) is 0 Å². The lowest BCUT2D eigenvalue weighted by molar-refractivity contribution is 0.865. The molecule has 0 aliphatic heterocycles. The molecule has 0 aromatic carbocycles. The van der Waals surface area contributed by atoms with Gasteiger partial charge >= 0.3 is 0 Å². The summed E-state index contributed by atoms with van der Waals surface area (Å²) >= 11 is 0. The Morgan fingerprint density at radius 3 is 2.09 bits per heavy atom. The summed E-state index contributed by atoms with van der Waals surface area (Å²) in [7, 11) is 0. The molecule has 60 valence electrons. The van der Waals surface area contributed by atoms with E-state index in [0.717, 1.165) is 0 Å². The molecule has 0 heterocycles. The van der Waals surface area contributed by atoms with Crippen LogP contribution in [0.15, 0.2) is 36.0 Å². The van der Waals surface area contributed by atoms with Gasteiger partial charge in [-0.05, 0) is 19.8 Å². The second-order valence-electron chi connectivity index (χ2n) is 3.45. The van der Waals surface area contributed by atoms with Crippen molar-refractivity contribution in [3.8, 4) is 0 Å². The third-order valence-electron chi connectivity index (χ3n) is 1.80. The first-order valence-corrected chi connectivity index (χ1v) is 4.20. The van der Waals surface area contributed by atoms with E-state index in [0.29, 0.717) is 11.8 Å². The zero-order chi connectivity index (χ0) is 8.27. The lowest BCUT2D eigenvalue weighted by Gasteiger charge is -2.10. The van der Waals surface area contributed by atoms with Gasteiger partial charge in [0, 0.05) is 5.92 Å². The average molecular weight is 148 g/mol. The van der Waals surface area contributed by atoms with Crippen molar-refractivity contribution >= 4 is 0 Å². The Labute approximate surface area is 69.3 Å². The van der Waals surface area contributed by atoms with E-state index in [2.05, 4.69) is 51.2 Å². The van der Waals surface area contributed by atoms with Crippen LogP contribution in [-0.2, 0) is 0 Å². The molecule has 1 rings (SSSR count). The van der Waals surface area contributed by atoms with E-state index in [9.17, 15) is 0 Å². The largest absolute Gasteiger partial charge is 0.0810 e. The maximum atomic E-state index is 2.28. The molecular formula is C11H16. The first-order chi connectivity index (χ1) is 5.18. The topological polar surface area (TPSA) is 0 Å². The SMILES string of the molecule is CC(C)=CC1C=CC(C)C=C1. The quantitative estimate of drug-likeness (QED) is 0.500. The Kier molecular flexibility index (Phi) is 2.70. The van der Waals surface area contributed by atoms with E-state index >= 15 is 0 Å². The zero-order valence-electron chi connectivity index (χ0n) is 7.54. The van der Waals surface area contributed by atoms with E-state index in [1.54, 1.807) is 0 Å². The second-order valence-corrected chi connectivity index (χ2v) is 3.45. The summed E-state index contributed by atoms with van der Waals surface area (Å²) < 4.78 is 0. The minimum Gasteiger partial charge on any atom is -0.0810 e. The van der Waals surface area contributed by atoms with Crippen LogP contribution in [0.25, 0.3) is 0 Å². The molecule has 0 atom stereocenters. The molecule has 1 aliphatic rings. The second kappa shape index (κ2) is 3.56.